The highest BCUT2D eigenvalue weighted by atomic mass is 14.3. The standard InChI is InChI=1S/C18H30/c1-3-8-15(4-2)17-11-13-18(14-12-17)16-9-6-5-7-10-16/h3-4,8,16-18H,5-7,9-14H2,1-2H3/b8-3-,15-4+. The van der Waals surface area contributed by atoms with Crippen molar-refractivity contribution < 1.29 is 0 Å². The third-order valence-electron chi connectivity index (χ3n) is 5.25. The normalized spacial score (nSPS) is 32.0. The fourth-order valence-corrected chi connectivity index (χ4v) is 4.19. The molecule has 0 amide bonds. The van der Waals surface area contributed by atoms with Gasteiger partial charge in [-0.1, -0.05) is 50.3 Å². The Balaban J connectivity index is 1.83. The quantitative estimate of drug-likeness (QED) is 0.544. The van der Waals surface area contributed by atoms with Gasteiger partial charge in [0.15, 0.2) is 0 Å². The van der Waals surface area contributed by atoms with Crippen molar-refractivity contribution >= 4 is 0 Å². The van der Waals surface area contributed by atoms with Crippen LogP contribution in [0.2, 0.25) is 0 Å². The Kier molecular flexibility index (Phi) is 5.53. The maximum atomic E-state index is 2.33. The minimum absolute atomic E-state index is 0.853. The van der Waals surface area contributed by atoms with E-state index in [0.29, 0.717) is 0 Å². The monoisotopic (exact) mass is 246 g/mol. The molecule has 0 aromatic carbocycles. The van der Waals surface area contributed by atoms with E-state index in [4.69, 9.17) is 0 Å². The van der Waals surface area contributed by atoms with Crippen molar-refractivity contribution in [1.29, 1.82) is 0 Å². The topological polar surface area (TPSA) is 0 Å². The molecular formula is C18H30. The Labute approximate surface area is 114 Å². The molecule has 0 spiro atoms. The number of allylic oxidation sites excluding steroid dienone is 4. The van der Waals surface area contributed by atoms with Crippen LogP contribution in [0.4, 0.5) is 0 Å². The van der Waals surface area contributed by atoms with Crippen molar-refractivity contribution in [3.05, 3.63) is 23.8 Å². The lowest BCUT2D eigenvalue weighted by molar-refractivity contribution is 0.178. The highest BCUT2D eigenvalue weighted by Gasteiger charge is 2.28. The molecular weight excluding hydrogens is 216 g/mol. The molecule has 0 bridgehead atoms. The lowest BCUT2D eigenvalue weighted by Crippen LogP contribution is -2.24. The molecule has 2 aliphatic carbocycles. The van der Waals surface area contributed by atoms with Gasteiger partial charge in [-0.2, -0.15) is 0 Å². The van der Waals surface area contributed by atoms with Gasteiger partial charge in [-0.15, -0.1) is 0 Å². The predicted molar refractivity (Wildman–Crippen MR) is 80.6 cm³/mol. The van der Waals surface area contributed by atoms with Crippen molar-refractivity contribution in [2.45, 2.75) is 71.6 Å². The summed E-state index contributed by atoms with van der Waals surface area (Å²) >= 11 is 0. The lowest BCUT2D eigenvalue weighted by Gasteiger charge is -2.36. The maximum Gasteiger partial charge on any atom is -0.0165 e. The fourth-order valence-electron chi connectivity index (χ4n) is 4.19. The molecule has 2 fully saturated rings. The molecule has 0 saturated heterocycles. The summed E-state index contributed by atoms with van der Waals surface area (Å²) in [5.41, 5.74) is 1.58. The Bertz CT molecular complexity index is 283. The zero-order valence-corrected chi connectivity index (χ0v) is 12.3. The molecule has 18 heavy (non-hydrogen) atoms. The third-order valence-corrected chi connectivity index (χ3v) is 5.25. The van der Waals surface area contributed by atoms with Crippen LogP contribution >= 0.6 is 0 Å². The molecule has 2 aliphatic rings. The van der Waals surface area contributed by atoms with Crippen LogP contribution in [0.3, 0.4) is 0 Å². The van der Waals surface area contributed by atoms with E-state index in [1.54, 1.807) is 5.57 Å². The smallest absolute Gasteiger partial charge is 0.0165 e. The van der Waals surface area contributed by atoms with Gasteiger partial charge in [0.25, 0.3) is 0 Å². The maximum absolute atomic E-state index is 2.33. The Morgan fingerprint density at radius 3 is 1.94 bits per heavy atom. The first-order valence-electron chi connectivity index (χ1n) is 8.14. The van der Waals surface area contributed by atoms with Crippen LogP contribution in [-0.4, -0.2) is 0 Å². The minimum atomic E-state index is 0.853. The molecule has 102 valence electrons. The molecule has 2 saturated carbocycles. The molecule has 0 nitrogen and oxygen atoms in total. The van der Waals surface area contributed by atoms with Crippen LogP contribution in [0, 0.1) is 17.8 Å². The third kappa shape index (κ3) is 3.49. The van der Waals surface area contributed by atoms with Gasteiger partial charge in [0, 0.05) is 0 Å². The van der Waals surface area contributed by atoms with E-state index in [1.165, 1.54) is 57.8 Å². The Morgan fingerprint density at radius 2 is 1.39 bits per heavy atom. The SMILES string of the molecule is C/C=C\C(=C/C)C1CCC(C2CCCCC2)CC1. The lowest BCUT2D eigenvalue weighted by atomic mass is 9.70. The predicted octanol–water partition coefficient (Wildman–Crippen LogP) is 5.90. The van der Waals surface area contributed by atoms with Crippen LogP contribution in [0.1, 0.15) is 71.6 Å². The summed E-state index contributed by atoms with van der Waals surface area (Å²) < 4.78 is 0. The Hall–Kier alpha value is -0.520. The molecule has 0 N–H and O–H groups in total. The van der Waals surface area contributed by atoms with Crippen LogP contribution in [0.25, 0.3) is 0 Å². The largest absolute Gasteiger partial charge is 0.0874 e. The van der Waals surface area contributed by atoms with Crippen molar-refractivity contribution in [1.82, 2.24) is 0 Å². The molecule has 0 aliphatic heterocycles. The highest BCUT2D eigenvalue weighted by molar-refractivity contribution is 5.21. The van der Waals surface area contributed by atoms with E-state index in [1.807, 2.05) is 0 Å². The van der Waals surface area contributed by atoms with E-state index >= 15 is 0 Å². The second kappa shape index (κ2) is 7.16. The van der Waals surface area contributed by atoms with Crippen molar-refractivity contribution in [2.75, 3.05) is 0 Å². The van der Waals surface area contributed by atoms with Gasteiger partial charge >= 0.3 is 0 Å². The second-order valence-electron chi connectivity index (χ2n) is 6.30. The summed E-state index contributed by atoms with van der Waals surface area (Å²) in [5.74, 6) is 2.99. The first-order valence-corrected chi connectivity index (χ1v) is 8.14. The molecule has 0 unspecified atom stereocenters. The highest BCUT2D eigenvalue weighted by Crippen LogP contribution is 2.41. The van der Waals surface area contributed by atoms with Crippen LogP contribution in [0.15, 0.2) is 23.8 Å². The van der Waals surface area contributed by atoms with Gasteiger partial charge in [-0.25, -0.2) is 0 Å². The van der Waals surface area contributed by atoms with E-state index < -0.39 is 0 Å². The van der Waals surface area contributed by atoms with Crippen molar-refractivity contribution in [2.24, 2.45) is 17.8 Å². The van der Waals surface area contributed by atoms with Gasteiger partial charge in [0.2, 0.25) is 0 Å². The van der Waals surface area contributed by atoms with Crippen LogP contribution in [-0.2, 0) is 0 Å². The molecule has 2 rings (SSSR count). The number of rotatable bonds is 3. The minimum Gasteiger partial charge on any atom is -0.0874 e. The van der Waals surface area contributed by atoms with Crippen molar-refractivity contribution in [3.63, 3.8) is 0 Å². The average Bonchev–Trinajstić information content (AvgIpc) is 2.46. The van der Waals surface area contributed by atoms with Gasteiger partial charge < -0.3 is 0 Å². The van der Waals surface area contributed by atoms with Crippen LogP contribution in [0.5, 0.6) is 0 Å². The molecule has 0 heteroatoms. The zero-order valence-electron chi connectivity index (χ0n) is 12.3. The fraction of sp³-hybridized carbons (Fsp3) is 0.778. The summed E-state index contributed by atoms with van der Waals surface area (Å²) in [6.45, 7) is 4.33. The summed E-state index contributed by atoms with van der Waals surface area (Å²) in [5, 5.41) is 0. The summed E-state index contributed by atoms with van der Waals surface area (Å²) in [6.07, 6.45) is 20.3. The number of hydrogen-bond donors (Lipinski definition) is 0. The molecule has 0 heterocycles. The summed E-state index contributed by atoms with van der Waals surface area (Å²) in [7, 11) is 0. The summed E-state index contributed by atoms with van der Waals surface area (Å²) in [4.78, 5) is 0. The van der Waals surface area contributed by atoms with Gasteiger partial charge in [0.05, 0.1) is 0 Å². The molecule has 0 aromatic rings. The first-order chi connectivity index (χ1) is 8.85. The number of hydrogen-bond acceptors (Lipinski definition) is 0. The summed E-state index contributed by atoms with van der Waals surface area (Å²) in [6, 6.07) is 0. The first kappa shape index (κ1) is 13.9. The van der Waals surface area contributed by atoms with E-state index in [0.717, 1.165) is 17.8 Å². The molecule has 0 radical (unpaired) electrons. The zero-order chi connectivity index (χ0) is 12.8. The average molecular weight is 246 g/mol. The molecule has 0 atom stereocenters. The van der Waals surface area contributed by atoms with Gasteiger partial charge in [-0.05, 0) is 62.9 Å². The molecule has 0 aromatic heterocycles. The second-order valence-corrected chi connectivity index (χ2v) is 6.30. The van der Waals surface area contributed by atoms with E-state index in [2.05, 4.69) is 32.1 Å². The van der Waals surface area contributed by atoms with Gasteiger partial charge in [0.1, 0.15) is 0 Å². The van der Waals surface area contributed by atoms with Gasteiger partial charge in [-0.3, -0.25) is 0 Å². The van der Waals surface area contributed by atoms with Crippen molar-refractivity contribution in [3.8, 4) is 0 Å². The van der Waals surface area contributed by atoms with E-state index in [-0.39, 0.29) is 0 Å². The Morgan fingerprint density at radius 1 is 0.778 bits per heavy atom. The van der Waals surface area contributed by atoms with Crippen LogP contribution < -0.4 is 0 Å². The van der Waals surface area contributed by atoms with E-state index in [9.17, 15) is 0 Å².